The molecule has 8 heterocycles. The number of thiazole rings is 1. The Hall–Kier alpha value is -6.73. The number of likely N-dealkylation sites (tertiary alicyclic amines) is 2. The van der Waals surface area contributed by atoms with Gasteiger partial charge in [0.05, 0.1) is 76.8 Å². The normalized spacial score (nSPS) is 24.4. The molecule has 388 valence electrons. The molecule has 74 heavy (non-hydrogen) atoms. The molecule has 4 aromatic heterocycles. The zero-order valence-corrected chi connectivity index (χ0v) is 43.7. The summed E-state index contributed by atoms with van der Waals surface area (Å²) in [5, 5.41) is 7.83. The standard InChI is InChI=1S/C55H64N10O8S/c1-27(2)45(61-53(68)70-6)50(66)63-15-8-9-38(63)47-56-25-36(60-47)32-17-28(3)44-40-20-33-18-30(12-13-37(33)65(40)52(73-42(44)22-32)43-26-58-49(74-43)29-10-11-29)35-24-57-48(59-35)41-21-34-19-39(34)64(41)51(67)46(62-54(69)71-7)31-14-16-72-55(4,5)23-31/h12-13,17-18,20,22,24-27,29,31,34,38-39,41,45-46,52H,8-11,14-16,19,21,23H2,1-7H3,(H,56,60)(H,57,59)(H,61,68)(H,62,69)/t31?,34-,38+,39-,41+,45+,46?,52?/m1/s1. The molecule has 0 radical (unpaired) electrons. The van der Waals surface area contributed by atoms with Crippen molar-refractivity contribution in [3.05, 3.63) is 82.1 Å². The zero-order chi connectivity index (χ0) is 51.3. The molecule has 2 saturated carbocycles. The highest BCUT2D eigenvalue weighted by atomic mass is 32.1. The summed E-state index contributed by atoms with van der Waals surface area (Å²) in [6.07, 6.45) is 10.9. The quantitative estimate of drug-likeness (QED) is 0.0907. The van der Waals surface area contributed by atoms with Crippen molar-refractivity contribution in [3.63, 3.8) is 0 Å². The van der Waals surface area contributed by atoms with Crippen LogP contribution in [0.3, 0.4) is 0 Å². The lowest BCUT2D eigenvalue weighted by Crippen LogP contribution is -2.55. The molecule has 8 atom stereocenters. The van der Waals surface area contributed by atoms with E-state index in [1.165, 1.54) is 14.2 Å². The van der Waals surface area contributed by atoms with Gasteiger partial charge in [0.2, 0.25) is 18.0 Å². The molecule has 0 bridgehead atoms. The number of nitrogens with one attached hydrogen (secondary N) is 4. The van der Waals surface area contributed by atoms with Crippen molar-refractivity contribution in [1.29, 1.82) is 0 Å². The van der Waals surface area contributed by atoms with Crippen molar-refractivity contribution in [2.45, 2.75) is 134 Å². The monoisotopic (exact) mass is 1020 g/mol. The van der Waals surface area contributed by atoms with Crippen LogP contribution in [0.2, 0.25) is 0 Å². The van der Waals surface area contributed by atoms with Gasteiger partial charge in [0, 0.05) is 53.4 Å². The smallest absolute Gasteiger partial charge is 0.407 e. The summed E-state index contributed by atoms with van der Waals surface area (Å²) in [5.74, 6) is 2.58. The number of methoxy groups -OCH3 is 2. The van der Waals surface area contributed by atoms with Gasteiger partial charge >= 0.3 is 12.2 Å². The van der Waals surface area contributed by atoms with Crippen LogP contribution >= 0.6 is 11.3 Å². The van der Waals surface area contributed by atoms with Crippen molar-refractivity contribution in [3.8, 4) is 39.5 Å². The number of hydrogen-bond acceptors (Lipinski definition) is 12. The first-order valence-electron chi connectivity index (χ1n) is 26.1. The van der Waals surface area contributed by atoms with E-state index in [0.29, 0.717) is 43.7 Å². The largest absolute Gasteiger partial charge is 0.464 e. The van der Waals surface area contributed by atoms with Gasteiger partial charge in [-0.1, -0.05) is 19.9 Å². The lowest BCUT2D eigenvalue weighted by molar-refractivity contribution is -0.140. The van der Waals surface area contributed by atoms with Crippen molar-refractivity contribution in [2.75, 3.05) is 27.4 Å². The number of piperidine rings is 1. The van der Waals surface area contributed by atoms with Gasteiger partial charge in [0.25, 0.3) is 0 Å². The Bertz CT molecular complexity index is 3190. The Balaban J connectivity index is 0.849. The number of rotatable bonds is 12. The van der Waals surface area contributed by atoms with Gasteiger partial charge < -0.3 is 49.3 Å². The van der Waals surface area contributed by atoms with E-state index in [9.17, 15) is 19.2 Å². The Kier molecular flexibility index (Phi) is 12.1. The molecule has 5 fully saturated rings. The summed E-state index contributed by atoms with van der Waals surface area (Å²) in [4.78, 5) is 80.2. The van der Waals surface area contributed by atoms with Crippen LogP contribution < -0.4 is 15.4 Å². The minimum Gasteiger partial charge on any atom is -0.464 e. The van der Waals surface area contributed by atoms with Crippen LogP contribution in [-0.2, 0) is 23.8 Å². The fourth-order valence-electron chi connectivity index (χ4n) is 12.3. The summed E-state index contributed by atoms with van der Waals surface area (Å²) < 4.78 is 25.3. The molecule has 0 spiro atoms. The zero-order valence-electron chi connectivity index (χ0n) is 42.9. The van der Waals surface area contributed by atoms with Gasteiger partial charge in [-0.25, -0.2) is 24.5 Å². The van der Waals surface area contributed by atoms with Crippen LogP contribution in [0.4, 0.5) is 9.59 Å². The summed E-state index contributed by atoms with van der Waals surface area (Å²) in [6.45, 7) is 11.1. The highest BCUT2D eigenvalue weighted by Crippen LogP contribution is 2.54. The number of aromatic nitrogens is 6. The molecule has 6 aliphatic rings. The first-order valence-corrected chi connectivity index (χ1v) is 27.0. The lowest BCUT2D eigenvalue weighted by Gasteiger charge is -2.40. The molecular weight excluding hydrogens is 961 g/mol. The van der Waals surface area contributed by atoms with Crippen molar-refractivity contribution < 1.29 is 38.1 Å². The summed E-state index contributed by atoms with van der Waals surface area (Å²) >= 11 is 1.72. The number of fused-ring (bicyclic) bond motifs is 6. The molecule has 3 saturated heterocycles. The third-order valence-electron chi connectivity index (χ3n) is 16.2. The average molecular weight is 1030 g/mol. The van der Waals surface area contributed by atoms with Crippen LogP contribution in [0.5, 0.6) is 5.75 Å². The molecule has 2 aromatic carbocycles. The molecule has 19 heteroatoms. The number of benzene rings is 2. The third-order valence-corrected chi connectivity index (χ3v) is 17.4. The van der Waals surface area contributed by atoms with Crippen molar-refractivity contribution in [2.24, 2.45) is 17.8 Å². The molecule has 18 nitrogen and oxygen atoms in total. The number of ether oxygens (including phenoxy) is 4. The molecule has 4 amide bonds. The fourth-order valence-corrected chi connectivity index (χ4v) is 13.4. The number of nitrogens with zero attached hydrogens (tertiary/aromatic N) is 6. The number of imidazole rings is 2. The first kappa shape index (κ1) is 48.2. The molecule has 6 aromatic rings. The predicted molar refractivity (Wildman–Crippen MR) is 276 cm³/mol. The topological polar surface area (TPSA) is 211 Å². The van der Waals surface area contributed by atoms with Gasteiger partial charge in [-0.2, -0.15) is 0 Å². The summed E-state index contributed by atoms with van der Waals surface area (Å²) in [7, 11) is 2.62. The van der Waals surface area contributed by atoms with E-state index in [2.05, 4.69) is 68.5 Å². The maximum atomic E-state index is 14.7. The Morgan fingerprint density at radius 1 is 0.851 bits per heavy atom. The van der Waals surface area contributed by atoms with Gasteiger partial charge in [0.1, 0.15) is 29.5 Å². The van der Waals surface area contributed by atoms with E-state index >= 15 is 0 Å². The molecular formula is C55H64N10O8S. The Labute approximate surface area is 433 Å². The number of aryl methyl sites for hydroxylation is 1. The van der Waals surface area contributed by atoms with E-state index in [1.54, 1.807) is 11.3 Å². The summed E-state index contributed by atoms with van der Waals surface area (Å²) in [6, 6.07) is 11.1. The van der Waals surface area contributed by atoms with E-state index in [1.807, 2.05) is 56.1 Å². The molecule has 4 aliphatic heterocycles. The number of aromatic amines is 2. The number of carbonyl (C=O) groups is 4. The molecule has 12 rings (SSSR count). The number of carbonyl (C=O) groups excluding carboxylic acids is 4. The molecule has 2 aliphatic carbocycles. The van der Waals surface area contributed by atoms with Gasteiger partial charge in [-0.15, -0.1) is 11.3 Å². The van der Waals surface area contributed by atoms with Gasteiger partial charge in [-0.05, 0) is 126 Å². The molecule has 3 unspecified atom stereocenters. The van der Waals surface area contributed by atoms with Crippen molar-refractivity contribution in [1.82, 2.24) is 49.9 Å². The Morgan fingerprint density at radius 3 is 2.32 bits per heavy atom. The SMILES string of the molecule is COC(=O)NC(C(=O)N1[C@@H]2C[C@@H]2C[C@H]1c1ncc(-c2ccc3c(c2)cc2n3C(c3cnc(C4CC4)s3)Oc3cc(-c4cnc([C@@H]5CCCN5C(=O)[C@@H](NC(=O)OC)C(C)C)[nH]4)cc(C)c3-2)[nH]1)C1CCOC(C)(C)C1. The number of alkyl carbamates (subject to hydrolysis) is 2. The second-order valence-electron chi connectivity index (χ2n) is 22.1. The van der Waals surface area contributed by atoms with E-state index in [-0.39, 0.29) is 41.8 Å². The fraction of sp³-hybridized carbons (Fsp3) is 0.509. The highest BCUT2D eigenvalue weighted by Gasteiger charge is 2.57. The van der Waals surface area contributed by atoms with E-state index in [0.717, 1.165) is 110 Å². The maximum Gasteiger partial charge on any atom is 0.407 e. The van der Waals surface area contributed by atoms with Crippen LogP contribution in [0.25, 0.3) is 44.7 Å². The van der Waals surface area contributed by atoms with Gasteiger partial charge in [-0.3, -0.25) is 14.2 Å². The van der Waals surface area contributed by atoms with E-state index in [4.69, 9.17) is 33.9 Å². The summed E-state index contributed by atoms with van der Waals surface area (Å²) in [5.41, 5.74) is 7.21. The average Bonchev–Trinajstić information content (AvgIpc) is 3.84. The number of amides is 4. The second kappa shape index (κ2) is 18.6. The Morgan fingerprint density at radius 2 is 1.59 bits per heavy atom. The van der Waals surface area contributed by atoms with E-state index < -0.39 is 36.1 Å². The minimum absolute atomic E-state index is 0.0952. The maximum absolute atomic E-state index is 14.7. The third kappa shape index (κ3) is 8.68. The van der Waals surface area contributed by atoms with Crippen LogP contribution in [0.1, 0.15) is 130 Å². The molecule has 4 N–H and O–H groups in total. The first-order chi connectivity index (χ1) is 35.7. The number of hydrogen-bond donors (Lipinski definition) is 4. The van der Waals surface area contributed by atoms with Crippen LogP contribution in [-0.4, -0.2) is 114 Å². The van der Waals surface area contributed by atoms with Gasteiger partial charge in [0.15, 0.2) is 0 Å². The number of H-pyrrole nitrogens is 2. The second-order valence-corrected chi connectivity index (χ2v) is 23.2. The lowest BCUT2D eigenvalue weighted by atomic mass is 9.82. The minimum atomic E-state index is -0.739. The predicted octanol–water partition coefficient (Wildman–Crippen LogP) is 9.31. The van der Waals surface area contributed by atoms with Crippen LogP contribution in [0, 0.1) is 24.7 Å². The van der Waals surface area contributed by atoms with Crippen LogP contribution in [0.15, 0.2) is 55.0 Å². The van der Waals surface area contributed by atoms with Crippen molar-refractivity contribution >= 4 is 46.2 Å². The highest BCUT2D eigenvalue weighted by molar-refractivity contribution is 7.11.